The van der Waals surface area contributed by atoms with Crippen LogP contribution in [0.2, 0.25) is 0 Å². The van der Waals surface area contributed by atoms with Crippen LogP contribution in [0.3, 0.4) is 0 Å². The number of nitrogens with one attached hydrogen (secondary N) is 1. The Kier molecular flexibility index (Phi) is 4.17. The molecule has 1 amide bonds. The van der Waals surface area contributed by atoms with Crippen molar-refractivity contribution in [3.63, 3.8) is 0 Å². The second-order valence-corrected chi connectivity index (χ2v) is 5.40. The van der Waals surface area contributed by atoms with E-state index in [4.69, 9.17) is 15.6 Å². The summed E-state index contributed by atoms with van der Waals surface area (Å²) in [5.41, 5.74) is 4.87. The number of carbonyl (C=O) groups excluding carboxylic acids is 1. The van der Waals surface area contributed by atoms with Gasteiger partial charge in [0.15, 0.2) is 0 Å². The maximum absolute atomic E-state index is 12.0. The molecule has 2 unspecified atom stereocenters. The summed E-state index contributed by atoms with van der Waals surface area (Å²) >= 11 is 0. The van der Waals surface area contributed by atoms with Gasteiger partial charge in [-0.1, -0.05) is 13.8 Å². The Bertz CT molecular complexity index is 291. The number of aliphatic hydroxyl groups excluding tert-OH is 1. The molecule has 5 nitrogen and oxygen atoms in total. The molecule has 0 heterocycles. The molecule has 1 aliphatic carbocycles. The summed E-state index contributed by atoms with van der Waals surface area (Å²) in [5.74, 6) is -0.209. The third-order valence-corrected chi connectivity index (χ3v) is 3.79. The Morgan fingerprint density at radius 3 is 2.65 bits per heavy atom. The van der Waals surface area contributed by atoms with E-state index in [2.05, 4.69) is 5.32 Å². The highest BCUT2D eigenvalue weighted by molar-refractivity contribution is 5.88. The Balaban J connectivity index is 2.62. The van der Waals surface area contributed by atoms with Crippen molar-refractivity contribution in [1.29, 1.82) is 0 Å². The first kappa shape index (κ1) is 14.4. The molecule has 0 aromatic carbocycles. The average Bonchev–Trinajstić information content (AvgIpc) is 2.25. The van der Waals surface area contributed by atoms with Crippen LogP contribution in [-0.4, -0.2) is 41.9 Å². The molecule has 0 aromatic heterocycles. The second-order valence-electron chi connectivity index (χ2n) is 5.40. The highest BCUT2D eigenvalue weighted by atomic mass is 16.5. The lowest BCUT2D eigenvalue weighted by molar-refractivity contribution is -0.170. The van der Waals surface area contributed by atoms with Crippen LogP contribution in [-0.2, 0) is 9.53 Å². The lowest BCUT2D eigenvalue weighted by Crippen LogP contribution is -2.76. The monoisotopic (exact) mass is 244 g/mol. The van der Waals surface area contributed by atoms with E-state index in [-0.39, 0.29) is 24.0 Å². The molecule has 100 valence electrons. The van der Waals surface area contributed by atoms with Gasteiger partial charge in [0, 0.05) is 25.0 Å². The highest BCUT2D eigenvalue weighted by Crippen LogP contribution is 2.49. The van der Waals surface area contributed by atoms with Gasteiger partial charge in [-0.3, -0.25) is 4.79 Å². The van der Waals surface area contributed by atoms with Gasteiger partial charge in [-0.05, 0) is 13.8 Å². The number of hydrogen-bond acceptors (Lipinski definition) is 4. The van der Waals surface area contributed by atoms with Gasteiger partial charge in [0.1, 0.15) is 5.54 Å². The van der Waals surface area contributed by atoms with Crippen molar-refractivity contribution in [1.82, 2.24) is 5.32 Å². The third kappa shape index (κ3) is 2.46. The molecule has 3 atom stereocenters. The molecule has 0 saturated heterocycles. The zero-order chi connectivity index (χ0) is 13.3. The Morgan fingerprint density at radius 1 is 1.65 bits per heavy atom. The van der Waals surface area contributed by atoms with E-state index >= 15 is 0 Å². The van der Waals surface area contributed by atoms with Crippen LogP contribution >= 0.6 is 0 Å². The zero-order valence-electron chi connectivity index (χ0n) is 11.1. The fourth-order valence-electron chi connectivity index (χ4n) is 2.22. The molecule has 1 saturated carbocycles. The molecule has 0 aromatic rings. The van der Waals surface area contributed by atoms with Gasteiger partial charge in [0.25, 0.3) is 0 Å². The van der Waals surface area contributed by atoms with Crippen LogP contribution in [0, 0.1) is 5.41 Å². The van der Waals surface area contributed by atoms with E-state index < -0.39 is 11.6 Å². The van der Waals surface area contributed by atoms with Crippen LogP contribution in [0.15, 0.2) is 0 Å². The van der Waals surface area contributed by atoms with Crippen molar-refractivity contribution in [2.24, 2.45) is 11.1 Å². The molecule has 1 fully saturated rings. The van der Waals surface area contributed by atoms with Crippen LogP contribution in [0.5, 0.6) is 0 Å². The standard InChI is InChI=1S/C12H24N2O3/c1-5-17-9-6-12(13,11(9,3)4)10(16)14-7-8(2)15/h8-9,15H,5-7,13H2,1-4H3,(H,14,16)/t8-,9?,12?/m1/s1. The number of carbonyl (C=O) groups is 1. The summed E-state index contributed by atoms with van der Waals surface area (Å²) in [7, 11) is 0. The molecule has 1 aliphatic rings. The molecule has 5 heteroatoms. The van der Waals surface area contributed by atoms with Gasteiger partial charge in [-0.2, -0.15) is 0 Å². The van der Waals surface area contributed by atoms with Gasteiger partial charge in [0.2, 0.25) is 5.91 Å². The number of ether oxygens (including phenoxy) is 1. The van der Waals surface area contributed by atoms with Gasteiger partial charge >= 0.3 is 0 Å². The predicted octanol–water partition coefficient (Wildman–Crippen LogP) is 0.0159. The summed E-state index contributed by atoms with van der Waals surface area (Å²) in [6.07, 6.45) is -0.0114. The molecular weight excluding hydrogens is 220 g/mol. The fraction of sp³-hybridized carbons (Fsp3) is 0.917. The largest absolute Gasteiger partial charge is 0.392 e. The summed E-state index contributed by atoms with van der Waals surface area (Å²) in [6.45, 7) is 8.29. The minimum Gasteiger partial charge on any atom is -0.392 e. The number of aliphatic hydroxyl groups is 1. The van der Waals surface area contributed by atoms with Crippen molar-refractivity contribution in [2.45, 2.75) is 51.9 Å². The molecule has 0 aliphatic heterocycles. The molecule has 0 radical (unpaired) electrons. The van der Waals surface area contributed by atoms with Gasteiger partial charge in [-0.25, -0.2) is 0 Å². The van der Waals surface area contributed by atoms with Gasteiger partial charge in [-0.15, -0.1) is 0 Å². The van der Waals surface area contributed by atoms with Crippen molar-refractivity contribution in [3.8, 4) is 0 Å². The first-order valence-electron chi connectivity index (χ1n) is 6.12. The Hall–Kier alpha value is -0.650. The summed E-state index contributed by atoms with van der Waals surface area (Å²) in [6, 6.07) is 0. The van der Waals surface area contributed by atoms with Crippen LogP contribution < -0.4 is 11.1 Å². The third-order valence-electron chi connectivity index (χ3n) is 3.79. The average molecular weight is 244 g/mol. The van der Waals surface area contributed by atoms with Crippen molar-refractivity contribution in [2.75, 3.05) is 13.2 Å². The van der Waals surface area contributed by atoms with E-state index in [0.29, 0.717) is 13.0 Å². The van der Waals surface area contributed by atoms with Crippen molar-refractivity contribution >= 4 is 5.91 Å². The molecule has 1 rings (SSSR count). The molecule has 0 bridgehead atoms. The van der Waals surface area contributed by atoms with Gasteiger partial charge in [0.05, 0.1) is 12.2 Å². The molecular formula is C12H24N2O3. The summed E-state index contributed by atoms with van der Waals surface area (Å²) < 4.78 is 5.55. The Morgan fingerprint density at radius 2 is 2.24 bits per heavy atom. The first-order chi connectivity index (χ1) is 7.75. The van der Waals surface area contributed by atoms with Gasteiger partial charge < -0.3 is 20.9 Å². The topological polar surface area (TPSA) is 84.6 Å². The minimum absolute atomic E-state index is 0.0230. The van der Waals surface area contributed by atoms with E-state index in [1.807, 2.05) is 20.8 Å². The number of nitrogens with two attached hydrogens (primary N) is 1. The maximum atomic E-state index is 12.0. The first-order valence-corrected chi connectivity index (χ1v) is 6.12. The summed E-state index contributed by atoms with van der Waals surface area (Å²) in [5, 5.41) is 11.8. The Labute approximate surface area is 103 Å². The molecule has 4 N–H and O–H groups in total. The number of hydrogen-bond donors (Lipinski definition) is 3. The lowest BCUT2D eigenvalue weighted by Gasteiger charge is -2.57. The highest BCUT2D eigenvalue weighted by Gasteiger charge is 2.62. The predicted molar refractivity (Wildman–Crippen MR) is 65.4 cm³/mol. The number of rotatable bonds is 5. The van der Waals surface area contributed by atoms with Crippen LogP contribution in [0.1, 0.15) is 34.1 Å². The van der Waals surface area contributed by atoms with E-state index in [9.17, 15) is 4.79 Å². The second kappa shape index (κ2) is 4.92. The lowest BCUT2D eigenvalue weighted by atomic mass is 9.54. The smallest absolute Gasteiger partial charge is 0.240 e. The molecule has 0 spiro atoms. The van der Waals surface area contributed by atoms with Crippen molar-refractivity contribution in [3.05, 3.63) is 0 Å². The number of amides is 1. The SMILES string of the molecule is CCOC1CC(N)(C(=O)NC[C@@H](C)O)C1(C)C. The van der Waals surface area contributed by atoms with Crippen LogP contribution in [0.4, 0.5) is 0 Å². The molecule has 17 heavy (non-hydrogen) atoms. The minimum atomic E-state index is -0.901. The fourth-order valence-corrected chi connectivity index (χ4v) is 2.22. The van der Waals surface area contributed by atoms with E-state index in [0.717, 1.165) is 0 Å². The van der Waals surface area contributed by atoms with Crippen molar-refractivity contribution < 1.29 is 14.6 Å². The van der Waals surface area contributed by atoms with E-state index in [1.165, 1.54) is 0 Å². The quantitative estimate of drug-likeness (QED) is 0.636. The van der Waals surface area contributed by atoms with Crippen LogP contribution in [0.25, 0.3) is 0 Å². The van der Waals surface area contributed by atoms with E-state index in [1.54, 1.807) is 6.92 Å². The summed E-state index contributed by atoms with van der Waals surface area (Å²) in [4.78, 5) is 12.0. The zero-order valence-corrected chi connectivity index (χ0v) is 11.1. The maximum Gasteiger partial charge on any atom is 0.240 e. The normalized spacial score (nSPS) is 32.7.